The van der Waals surface area contributed by atoms with Gasteiger partial charge in [0.1, 0.15) is 5.58 Å². The number of piperidine rings is 1. The van der Waals surface area contributed by atoms with Crippen molar-refractivity contribution < 1.29 is 14.0 Å². The van der Waals surface area contributed by atoms with Crippen molar-refractivity contribution in [2.24, 2.45) is 0 Å². The lowest BCUT2D eigenvalue weighted by Crippen LogP contribution is -2.29. The molecule has 33 heavy (non-hydrogen) atoms. The van der Waals surface area contributed by atoms with Gasteiger partial charge in [-0.1, -0.05) is 29.8 Å². The molecule has 0 saturated carbocycles. The van der Waals surface area contributed by atoms with E-state index in [1.54, 1.807) is 24.5 Å². The molecule has 6 rings (SSSR count). The Balaban J connectivity index is 0.00000228. The lowest BCUT2D eigenvalue weighted by molar-refractivity contribution is -0.122. The summed E-state index contributed by atoms with van der Waals surface area (Å²) in [6, 6.07) is 13.6. The highest BCUT2D eigenvalue weighted by molar-refractivity contribution is 6.51. The van der Waals surface area contributed by atoms with Gasteiger partial charge in [0.25, 0.3) is 11.8 Å². The van der Waals surface area contributed by atoms with Gasteiger partial charge in [0.15, 0.2) is 0 Å². The van der Waals surface area contributed by atoms with E-state index in [0.29, 0.717) is 33.4 Å². The predicted octanol–water partition coefficient (Wildman–Crippen LogP) is 4.95. The summed E-state index contributed by atoms with van der Waals surface area (Å²) in [6.07, 6.45) is 5.60. The standard InChI is InChI=1S/C25H20ClN3O3.ClH/c26-15-11-14-7-10-32-23(14)18(12-15)21-22(25(31)28-24(21)30)19-13-29(16-5-8-27-9-6-16)20-4-2-1-3-17(19)20;/h1-4,7,10-13,16,27H,5-6,8-9H2,(H,28,30,31);1H. The summed E-state index contributed by atoms with van der Waals surface area (Å²) in [4.78, 5) is 26.1. The molecule has 0 aliphatic carbocycles. The van der Waals surface area contributed by atoms with Crippen LogP contribution >= 0.6 is 24.0 Å². The average Bonchev–Trinajstić information content (AvgIpc) is 3.49. The highest BCUT2D eigenvalue weighted by Crippen LogP contribution is 2.40. The van der Waals surface area contributed by atoms with Gasteiger partial charge in [-0.25, -0.2) is 0 Å². The van der Waals surface area contributed by atoms with Crippen molar-refractivity contribution in [2.45, 2.75) is 18.9 Å². The third-order valence-corrected chi connectivity index (χ3v) is 6.65. The van der Waals surface area contributed by atoms with Gasteiger partial charge in [-0.2, -0.15) is 0 Å². The smallest absolute Gasteiger partial charge is 0.259 e. The Morgan fingerprint density at radius 3 is 2.48 bits per heavy atom. The van der Waals surface area contributed by atoms with Crippen molar-refractivity contribution in [3.05, 3.63) is 71.1 Å². The van der Waals surface area contributed by atoms with Crippen molar-refractivity contribution in [1.29, 1.82) is 0 Å². The minimum Gasteiger partial charge on any atom is -0.464 e. The van der Waals surface area contributed by atoms with E-state index in [2.05, 4.69) is 21.3 Å². The van der Waals surface area contributed by atoms with Gasteiger partial charge in [0, 0.05) is 44.7 Å². The quantitative estimate of drug-likeness (QED) is 0.405. The molecule has 0 radical (unpaired) electrons. The zero-order valence-corrected chi connectivity index (χ0v) is 19.1. The number of benzene rings is 2. The van der Waals surface area contributed by atoms with Crippen LogP contribution in [0.3, 0.4) is 0 Å². The minimum atomic E-state index is -0.441. The molecule has 6 nitrogen and oxygen atoms in total. The molecular formula is C25H21Cl2N3O3. The number of carbonyl (C=O) groups excluding carboxylic acids is 2. The number of hydrogen-bond acceptors (Lipinski definition) is 4. The van der Waals surface area contributed by atoms with Gasteiger partial charge < -0.3 is 14.3 Å². The summed E-state index contributed by atoms with van der Waals surface area (Å²) in [5.41, 5.74) is 3.52. The Kier molecular flexibility index (Phi) is 5.52. The number of amides is 2. The number of para-hydroxylation sites is 1. The topological polar surface area (TPSA) is 76.3 Å². The van der Waals surface area contributed by atoms with E-state index in [-0.39, 0.29) is 12.4 Å². The SMILES string of the molecule is Cl.O=C1NC(=O)C(c2cc(Cl)cc3ccoc23)=C1c1cn(C2CCNCC2)c2ccccc12. The minimum absolute atomic E-state index is 0. The van der Waals surface area contributed by atoms with Crippen LogP contribution in [-0.4, -0.2) is 29.5 Å². The van der Waals surface area contributed by atoms with Crippen LogP contribution in [0.5, 0.6) is 0 Å². The largest absolute Gasteiger partial charge is 0.464 e. The van der Waals surface area contributed by atoms with Gasteiger partial charge >= 0.3 is 0 Å². The maximum atomic E-state index is 13.1. The molecule has 2 aromatic carbocycles. The third kappa shape index (κ3) is 3.46. The van der Waals surface area contributed by atoms with E-state index in [1.807, 2.05) is 24.4 Å². The summed E-state index contributed by atoms with van der Waals surface area (Å²) >= 11 is 6.35. The summed E-state index contributed by atoms with van der Waals surface area (Å²) in [5, 5.41) is 8.09. The fourth-order valence-electron chi connectivity index (χ4n) is 4.99. The number of halogens is 2. The molecule has 2 aliphatic heterocycles. The van der Waals surface area contributed by atoms with E-state index >= 15 is 0 Å². The fraction of sp³-hybridized carbons (Fsp3) is 0.200. The molecule has 0 unspecified atom stereocenters. The van der Waals surface area contributed by atoms with Crippen LogP contribution in [0, 0.1) is 0 Å². The molecule has 1 saturated heterocycles. The van der Waals surface area contributed by atoms with Crippen molar-refractivity contribution in [3.8, 4) is 0 Å². The van der Waals surface area contributed by atoms with Crippen molar-refractivity contribution in [3.63, 3.8) is 0 Å². The molecule has 2 aliphatic rings. The Morgan fingerprint density at radius 2 is 1.70 bits per heavy atom. The summed E-state index contributed by atoms with van der Waals surface area (Å²) in [6.45, 7) is 1.91. The van der Waals surface area contributed by atoms with Gasteiger partial charge in [-0.05, 0) is 50.2 Å². The van der Waals surface area contributed by atoms with Gasteiger partial charge in [-0.15, -0.1) is 12.4 Å². The number of nitrogens with one attached hydrogen (secondary N) is 2. The van der Waals surface area contributed by atoms with Crippen LogP contribution in [0.25, 0.3) is 33.0 Å². The lowest BCUT2D eigenvalue weighted by Gasteiger charge is -2.25. The predicted molar refractivity (Wildman–Crippen MR) is 132 cm³/mol. The first-order chi connectivity index (χ1) is 15.6. The molecule has 0 atom stereocenters. The zero-order chi connectivity index (χ0) is 21.8. The Bertz CT molecular complexity index is 1440. The molecule has 2 N–H and O–H groups in total. The molecule has 2 amide bonds. The second-order valence-electron chi connectivity index (χ2n) is 8.27. The normalized spacial score (nSPS) is 17.1. The third-order valence-electron chi connectivity index (χ3n) is 6.43. The monoisotopic (exact) mass is 481 g/mol. The van der Waals surface area contributed by atoms with E-state index in [4.69, 9.17) is 16.0 Å². The van der Waals surface area contributed by atoms with E-state index in [1.165, 1.54) is 0 Å². The highest BCUT2D eigenvalue weighted by Gasteiger charge is 2.35. The molecule has 8 heteroatoms. The van der Waals surface area contributed by atoms with Crippen LogP contribution < -0.4 is 10.6 Å². The summed E-state index contributed by atoms with van der Waals surface area (Å²) in [5.74, 6) is -0.846. The van der Waals surface area contributed by atoms with Crippen molar-refractivity contribution in [1.82, 2.24) is 15.2 Å². The molecular weight excluding hydrogens is 461 g/mol. The van der Waals surface area contributed by atoms with Gasteiger partial charge in [0.2, 0.25) is 0 Å². The van der Waals surface area contributed by atoms with Crippen molar-refractivity contribution >= 4 is 68.8 Å². The van der Waals surface area contributed by atoms with Crippen LogP contribution in [0.1, 0.15) is 30.0 Å². The average molecular weight is 482 g/mol. The zero-order valence-electron chi connectivity index (χ0n) is 17.6. The van der Waals surface area contributed by atoms with Crippen LogP contribution in [0.2, 0.25) is 5.02 Å². The van der Waals surface area contributed by atoms with Crippen molar-refractivity contribution in [2.75, 3.05) is 13.1 Å². The first-order valence-electron chi connectivity index (χ1n) is 10.7. The molecule has 4 aromatic rings. The number of furan rings is 1. The van der Waals surface area contributed by atoms with Crippen LogP contribution in [-0.2, 0) is 9.59 Å². The number of aromatic nitrogens is 1. The highest BCUT2D eigenvalue weighted by atomic mass is 35.5. The van der Waals surface area contributed by atoms with Crippen LogP contribution in [0.15, 0.2) is 59.3 Å². The van der Waals surface area contributed by atoms with Crippen LogP contribution in [0.4, 0.5) is 0 Å². The summed E-state index contributed by atoms with van der Waals surface area (Å²) in [7, 11) is 0. The first-order valence-corrected chi connectivity index (χ1v) is 11.1. The van der Waals surface area contributed by atoms with E-state index in [0.717, 1.165) is 47.8 Å². The van der Waals surface area contributed by atoms with Gasteiger partial charge in [-0.3, -0.25) is 14.9 Å². The maximum absolute atomic E-state index is 13.1. The Labute approximate surface area is 201 Å². The molecule has 0 bridgehead atoms. The fourth-order valence-corrected chi connectivity index (χ4v) is 5.22. The second kappa shape index (κ2) is 8.37. The molecule has 0 spiro atoms. The number of nitrogens with zero attached hydrogens (tertiary/aromatic N) is 1. The second-order valence-corrected chi connectivity index (χ2v) is 8.71. The molecule has 4 heterocycles. The number of carbonyl (C=O) groups is 2. The number of rotatable bonds is 3. The first kappa shape index (κ1) is 21.8. The Morgan fingerprint density at radius 1 is 0.970 bits per heavy atom. The maximum Gasteiger partial charge on any atom is 0.259 e. The molecule has 168 valence electrons. The number of fused-ring (bicyclic) bond motifs is 2. The molecule has 1 fully saturated rings. The lowest BCUT2D eigenvalue weighted by atomic mass is 9.95. The Hall–Kier alpha value is -3.06. The number of hydrogen-bond donors (Lipinski definition) is 2. The number of imide groups is 1. The molecule has 2 aromatic heterocycles. The summed E-state index contributed by atoms with van der Waals surface area (Å²) < 4.78 is 7.93. The van der Waals surface area contributed by atoms with Gasteiger partial charge in [0.05, 0.1) is 17.4 Å². The van der Waals surface area contributed by atoms with E-state index in [9.17, 15) is 9.59 Å². The van der Waals surface area contributed by atoms with E-state index < -0.39 is 11.8 Å².